The summed E-state index contributed by atoms with van der Waals surface area (Å²) >= 11 is 0. The first-order valence-electron chi connectivity index (χ1n) is 6.50. The Morgan fingerprint density at radius 2 is 2.11 bits per heavy atom. The summed E-state index contributed by atoms with van der Waals surface area (Å²) in [6.07, 6.45) is 0. The molecule has 1 aromatic heterocycles. The molecule has 0 aliphatic carbocycles. The Labute approximate surface area is 112 Å². The molecule has 19 heavy (non-hydrogen) atoms. The summed E-state index contributed by atoms with van der Waals surface area (Å²) in [5.74, 6) is 1.80. The third kappa shape index (κ3) is 2.24. The van der Waals surface area contributed by atoms with E-state index in [1.165, 1.54) is 5.56 Å². The van der Waals surface area contributed by atoms with Crippen LogP contribution in [0.4, 0.5) is 0 Å². The van der Waals surface area contributed by atoms with Crippen LogP contribution in [0.1, 0.15) is 36.9 Å². The molecule has 1 unspecified atom stereocenters. The first-order chi connectivity index (χ1) is 9.06. The van der Waals surface area contributed by atoms with E-state index in [1.54, 1.807) is 0 Å². The standard InChI is InChI=1S/C15H18N2O2/c1-10-8-11(19-17-10)9-16-14-12-6-4-5-7-13(12)18-15(14,2)3/h4-8,14,16H,9H2,1-3H3. The summed E-state index contributed by atoms with van der Waals surface area (Å²) in [5.41, 5.74) is 1.83. The van der Waals surface area contributed by atoms with Crippen molar-refractivity contribution in [3.63, 3.8) is 0 Å². The molecule has 0 saturated heterocycles. The number of hydrogen-bond donors (Lipinski definition) is 1. The molecule has 3 rings (SSSR count). The number of nitrogens with zero attached hydrogens (tertiary/aromatic N) is 1. The number of nitrogens with one attached hydrogen (secondary N) is 1. The highest BCUT2D eigenvalue weighted by Crippen LogP contribution is 2.42. The van der Waals surface area contributed by atoms with Gasteiger partial charge in [-0.05, 0) is 26.8 Å². The lowest BCUT2D eigenvalue weighted by Gasteiger charge is -2.26. The van der Waals surface area contributed by atoms with E-state index in [4.69, 9.17) is 9.26 Å². The molecule has 1 aliphatic heterocycles. The monoisotopic (exact) mass is 258 g/mol. The maximum Gasteiger partial charge on any atom is 0.150 e. The minimum atomic E-state index is -0.265. The van der Waals surface area contributed by atoms with E-state index in [0.29, 0.717) is 6.54 Å². The molecule has 1 atom stereocenters. The number of benzene rings is 1. The van der Waals surface area contributed by atoms with Crippen molar-refractivity contribution in [2.75, 3.05) is 0 Å². The van der Waals surface area contributed by atoms with E-state index >= 15 is 0 Å². The predicted molar refractivity (Wildman–Crippen MR) is 72.0 cm³/mol. The fourth-order valence-corrected chi connectivity index (χ4v) is 2.59. The van der Waals surface area contributed by atoms with Crippen molar-refractivity contribution >= 4 is 0 Å². The topological polar surface area (TPSA) is 47.3 Å². The molecule has 100 valence electrons. The van der Waals surface area contributed by atoms with Gasteiger partial charge in [-0.2, -0.15) is 0 Å². The van der Waals surface area contributed by atoms with E-state index in [9.17, 15) is 0 Å². The van der Waals surface area contributed by atoms with Crippen LogP contribution >= 0.6 is 0 Å². The van der Waals surface area contributed by atoms with Crippen LogP contribution in [0.25, 0.3) is 0 Å². The van der Waals surface area contributed by atoms with Crippen molar-refractivity contribution in [2.24, 2.45) is 0 Å². The van der Waals surface area contributed by atoms with Gasteiger partial charge in [0.05, 0.1) is 18.3 Å². The van der Waals surface area contributed by atoms with Crippen molar-refractivity contribution in [2.45, 2.75) is 39.0 Å². The van der Waals surface area contributed by atoms with Crippen LogP contribution in [0.5, 0.6) is 5.75 Å². The lowest BCUT2D eigenvalue weighted by molar-refractivity contribution is 0.0946. The molecule has 0 amide bonds. The normalized spacial score (nSPS) is 20.1. The van der Waals surface area contributed by atoms with Gasteiger partial charge < -0.3 is 9.26 Å². The lowest BCUT2D eigenvalue weighted by atomic mass is 9.94. The van der Waals surface area contributed by atoms with Crippen LogP contribution in [-0.2, 0) is 6.54 Å². The van der Waals surface area contributed by atoms with Gasteiger partial charge >= 0.3 is 0 Å². The molecule has 0 fully saturated rings. The van der Waals surface area contributed by atoms with Gasteiger partial charge in [-0.25, -0.2) is 0 Å². The molecule has 0 radical (unpaired) electrons. The zero-order valence-electron chi connectivity index (χ0n) is 11.4. The van der Waals surface area contributed by atoms with Crippen molar-refractivity contribution < 1.29 is 9.26 Å². The average molecular weight is 258 g/mol. The summed E-state index contributed by atoms with van der Waals surface area (Å²) in [7, 11) is 0. The molecule has 2 heterocycles. The second-order valence-corrected chi connectivity index (χ2v) is 5.49. The summed E-state index contributed by atoms with van der Waals surface area (Å²) in [5, 5.41) is 7.40. The number of para-hydroxylation sites is 1. The number of hydrogen-bond acceptors (Lipinski definition) is 4. The maximum absolute atomic E-state index is 5.99. The Hall–Kier alpha value is -1.81. The highest BCUT2D eigenvalue weighted by atomic mass is 16.5. The summed E-state index contributed by atoms with van der Waals surface area (Å²) < 4.78 is 11.2. The van der Waals surface area contributed by atoms with Crippen molar-refractivity contribution in [3.8, 4) is 5.75 Å². The molecule has 0 spiro atoms. The largest absolute Gasteiger partial charge is 0.486 e. The molecule has 1 aliphatic rings. The first kappa shape index (κ1) is 12.2. The Morgan fingerprint density at radius 1 is 1.32 bits per heavy atom. The smallest absolute Gasteiger partial charge is 0.150 e. The van der Waals surface area contributed by atoms with Crippen molar-refractivity contribution in [1.82, 2.24) is 10.5 Å². The molecule has 0 saturated carbocycles. The van der Waals surface area contributed by atoms with Crippen LogP contribution in [-0.4, -0.2) is 10.8 Å². The van der Waals surface area contributed by atoms with Crippen LogP contribution in [0.3, 0.4) is 0 Å². The second kappa shape index (κ2) is 4.38. The minimum absolute atomic E-state index is 0.147. The zero-order chi connectivity index (χ0) is 13.5. The summed E-state index contributed by atoms with van der Waals surface area (Å²) in [4.78, 5) is 0. The SMILES string of the molecule is Cc1cc(CNC2c3ccccc3OC2(C)C)on1. The van der Waals surface area contributed by atoms with E-state index in [-0.39, 0.29) is 11.6 Å². The Morgan fingerprint density at radius 3 is 2.84 bits per heavy atom. The van der Waals surface area contributed by atoms with E-state index < -0.39 is 0 Å². The van der Waals surface area contributed by atoms with Gasteiger partial charge in [0.25, 0.3) is 0 Å². The second-order valence-electron chi connectivity index (χ2n) is 5.49. The quantitative estimate of drug-likeness (QED) is 0.919. The molecular formula is C15H18N2O2. The van der Waals surface area contributed by atoms with E-state index in [0.717, 1.165) is 17.2 Å². The average Bonchev–Trinajstić information content (AvgIpc) is 2.87. The van der Waals surface area contributed by atoms with Gasteiger partial charge in [-0.3, -0.25) is 5.32 Å². The van der Waals surface area contributed by atoms with Gasteiger partial charge in [-0.15, -0.1) is 0 Å². The third-order valence-corrected chi connectivity index (χ3v) is 3.46. The van der Waals surface area contributed by atoms with Gasteiger partial charge in [0.2, 0.25) is 0 Å². The lowest BCUT2D eigenvalue weighted by Crippen LogP contribution is -2.38. The molecule has 1 aromatic carbocycles. The molecule has 4 nitrogen and oxygen atoms in total. The number of fused-ring (bicyclic) bond motifs is 1. The summed E-state index contributed by atoms with van der Waals surface area (Å²) in [6.45, 7) is 6.75. The zero-order valence-corrected chi connectivity index (χ0v) is 11.4. The highest BCUT2D eigenvalue weighted by molar-refractivity contribution is 5.42. The van der Waals surface area contributed by atoms with Crippen LogP contribution in [0.15, 0.2) is 34.9 Å². The molecule has 1 N–H and O–H groups in total. The minimum Gasteiger partial charge on any atom is -0.486 e. The van der Waals surface area contributed by atoms with Crippen LogP contribution in [0, 0.1) is 6.92 Å². The van der Waals surface area contributed by atoms with E-state index in [2.05, 4.69) is 30.4 Å². The fourth-order valence-electron chi connectivity index (χ4n) is 2.59. The molecule has 4 heteroatoms. The maximum atomic E-state index is 5.99. The Balaban J connectivity index is 1.79. The third-order valence-electron chi connectivity index (χ3n) is 3.46. The van der Waals surface area contributed by atoms with Gasteiger partial charge in [-0.1, -0.05) is 23.4 Å². The molecular weight excluding hydrogens is 240 g/mol. The van der Waals surface area contributed by atoms with Crippen molar-refractivity contribution in [1.29, 1.82) is 0 Å². The summed E-state index contributed by atoms with van der Waals surface area (Å²) in [6, 6.07) is 10.2. The fraction of sp³-hybridized carbons (Fsp3) is 0.400. The molecule has 0 bridgehead atoms. The van der Waals surface area contributed by atoms with E-state index in [1.807, 2.05) is 31.2 Å². The Bertz CT molecular complexity index is 589. The van der Waals surface area contributed by atoms with Crippen molar-refractivity contribution in [3.05, 3.63) is 47.3 Å². The van der Waals surface area contributed by atoms with Gasteiger partial charge in [0.15, 0.2) is 5.76 Å². The van der Waals surface area contributed by atoms with Gasteiger partial charge in [0.1, 0.15) is 11.4 Å². The van der Waals surface area contributed by atoms with Crippen LogP contribution in [0.2, 0.25) is 0 Å². The first-order valence-corrected chi connectivity index (χ1v) is 6.50. The van der Waals surface area contributed by atoms with Crippen LogP contribution < -0.4 is 10.1 Å². The Kier molecular flexibility index (Phi) is 2.82. The van der Waals surface area contributed by atoms with Gasteiger partial charge in [0, 0.05) is 11.6 Å². The highest BCUT2D eigenvalue weighted by Gasteiger charge is 2.40. The number of rotatable bonds is 3. The predicted octanol–water partition coefficient (Wildman–Crippen LogP) is 2.98. The number of aromatic nitrogens is 1. The molecule has 2 aromatic rings. The number of aryl methyl sites for hydroxylation is 1. The number of ether oxygens (including phenoxy) is 1.